The Kier molecular flexibility index (Phi) is 4.40. The summed E-state index contributed by atoms with van der Waals surface area (Å²) in [6.07, 6.45) is 0.641. The zero-order valence-electron chi connectivity index (χ0n) is 10.6. The topological polar surface area (TPSA) is 35.2 Å². The number of aryl methyl sites for hydroxylation is 1. The van der Waals surface area contributed by atoms with Crippen molar-refractivity contribution < 1.29 is 9.13 Å². The summed E-state index contributed by atoms with van der Waals surface area (Å²) in [5, 5.41) is 0.463. The summed E-state index contributed by atoms with van der Waals surface area (Å²) in [7, 11) is 0. The van der Waals surface area contributed by atoms with Crippen LogP contribution in [0.3, 0.4) is 0 Å². The molecule has 0 radical (unpaired) electrons. The minimum atomic E-state index is -0.414. The van der Waals surface area contributed by atoms with Gasteiger partial charge in [0.25, 0.3) is 0 Å². The number of hydrogen-bond acceptors (Lipinski definition) is 2. The number of ether oxygens (including phenoxy) is 1. The molecule has 2 aromatic carbocycles. The Bertz CT molecular complexity index is 586. The van der Waals surface area contributed by atoms with Gasteiger partial charge in [-0.05, 0) is 55.3 Å². The van der Waals surface area contributed by atoms with Crippen LogP contribution < -0.4 is 10.5 Å². The van der Waals surface area contributed by atoms with Crippen molar-refractivity contribution in [2.75, 3.05) is 6.54 Å². The molecule has 0 fully saturated rings. The minimum absolute atomic E-state index is 0.159. The summed E-state index contributed by atoms with van der Waals surface area (Å²) in [6.45, 7) is 2.42. The van der Waals surface area contributed by atoms with Crippen LogP contribution in [0.4, 0.5) is 4.39 Å². The Morgan fingerprint density at radius 2 is 1.89 bits per heavy atom. The van der Waals surface area contributed by atoms with Gasteiger partial charge in [0.1, 0.15) is 5.75 Å². The van der Waals surface area contributed by atoms with Gasteiger partial charge in [-0.15, -0.1) is 0 Å². The predicted molar refractivity (Wildman–Crippen MR) is 75.4 cm³/mol. The van der Waals surface area contributed by atoms with E-state index in [-0.39, 0.29) is 5.75 Å². The van der Waals surface area contributed by atoms with E-state index in [1.54, 1.807) is 24.3 Å². The lowest BCUT2D eigenvalue weighted by atomic mass is 10.1. The van der Waals surface area contributed by atoms with Gasteiger partial charge in [0.2, 0.25) is 0 Å². The maximum atomic E-state index is 13.9. The lowest BCUT2D eigenvalue weighted by Crippen LogP contribution is -2.03. The lowest BCUT2D eigenvalue weighted by Gasteiger charge is -2.10. The van der Waals surface area contributed by atoms with E-state index < -0.39 is 5.82 Å². The number of halogens is 2. The van der Waals surface area contributed by atoms with E-state index in [0.29, 0.717) is 23.7 Å². The largest absolute Gasteiger partial charge is 0.453 e. The predicted octanol–water partition coefficient (Wildman–Crippen LogP) is 4.08. The SMILES string of the molecule is Cc1ccc(Oc2ccc(CCN)cc2F)c(Cl)c1. The van der Waals surface area contributed by atoms with Gasteiger partial charge < -0.3 is 10.5 Å². The summed E-state index contributed by atoms with van der Waals surface area (Å²) >= 11 is 6.05. The third kappa shape index (κ3) is 3.46. The number of rotatable bonds is 4. The number of nitrogens with two attached hydrogens (primary N) is 1. The van der Waals surface area contributed by atoms with Crippen LogP contribution in [0.15, 0.2) is 36.4 Å². The smallest absolute Gasteiger partial charge is 0.165 e. The monoisotopic (exact) mass is 279 g/mol. The third-order valence-corrected chi connectivity index (χ3v) is 3.03. The molecule has 4 heteroatoms. The molecule has 0 aromatic heterocycles. The molecule has 2 rings (SSSR count). The number of benzene rings is 2. The molecule has 0 aliphatic carbocycles. The molecule has 0 atom stereocenters. The summed E-state index contributed by atoms with van der Waals surface area (Å²) in [4.78, 5) is 0. The molecule has 0 heterocycles. The number of hydrogen-bond donors (Lipinski definition) is 1. The van der Waals surface area contributed by atoms with Crippen LogP contribution >= 0.6 is 11.6 Å². The first-order chi connectivity index (χ1) is 9.10. The second-order valence-electron chi connectivity index (χ2n) is 4.34. The molecule has 2 nitrogen and oxygen atoms in total. The van der Waals surface area contributed by atoms with Crippen LogP contribution in [0.2, 0.25) is 5.02 Å². The van der Waals surface area contributed by atoms with Crippen molar-refractivity contribution in [1.29, 1.82) is 0 Å². The average Bonchev–Trinajstić information content (AvgIpc) is 2.36. The summed E-state index contributed by atoms with van der Waals surface area (Å²) in [5.74, 6) is 0.187. The van der Waals surface area contributed by atoms with E-state index >= 15 is 0 Å². The van der Waals surface area contributed by atoms with Crippen molar-refractivity contribution in [3.8, 4) is 11.5 Å². The van der Waals surface area contributed by atoms with Crippen molar-refractivity contribution in [2.24, 2.45) is 5.73 Å². The van der Waals surface area contributed by atoms with Gasteiger partial charge in [0, 0.05) is 0 Å². The van der Waals surface area contributed by atoms with Gasteiger partial charge in [0.15, 0.2) is 11.6 Å². The molecule has 100 valence electrons. The maximum Gasteiger partial charge on any atom is 0.165 e. The van der Waals surface area contributed by atoms with Crippen LogP contribution in [0.25, 0.3) is 0 Å². The normalized spacial score (nSPS) is 10.5. The Morgan fingerprint density at radius 3 is 2.53 bits per heavy atom. The second-order valence-corrected chi connectivity index (χ2v) is 4.75. The van der Waals surface area contributed by atoms with E-state index in [9.17, 15) is 4.39 Å². The molecule has 0 amide bonds. The molecular formula is C15H15ClFNO. The van der Waals surface area contributed by atoms with Crippen LogP contribution in [0, 0.1) is 12.7 Å². The highest BCUT2D eigenvalue weighted by Gasteiger charge is 2.08. The second kappa shape index (κ2) is 6.04. The zero-order chi connectivity index (χ0) is 13.8. The maximum absolute atomic E-state index is 13.9. The Labute approximate surface area is 117 Å². The standard InChI is InChI=1S/C15H15ClFNO/c1-10-2-4-14(12(16)8-10)19-15-5-3-11(6-7-18)9-13(15)17/h2-5,8-9H,6-7,18H2,1H3. The molecule has 2 aromatic rings. The minimum Gasteiger partial charge on any atom is -0.453 e. The first kappa shape index (κ1) is 13.8. The van der Waals surface area contributed by atoms with E-state index in [2.05, 4.69) is 0 Å². The highest BCUT2D eigenvalue weighted by atomic mass is 35.5. The van der Waals surface area contributed by atoms with Gasteiger partial charge in [-0.2, -0.15) is 0 Å². The van der Waals surface area contributed by atoms with Crippen LogP contribution in [-0.2, 0) is 6.42 Å². The van der Waals surface area contributed by atoms with Crippen LogP contribution in [-0.4, -0.2) is 6.54 Å². The fourth-order valence-corrected chi connectivity index (χ4v) is 2.03. The van der Waals surface area contributed by atoms with E-state index in [4.69, 9.17) is 22.1 Å². The first-order valence-corrected chi connectivity index (χ1v) is 6.40. The van der Waals surface area contributed by atoms with Crippen LogP contribution in [0.1, 0.15) is 11.1 Å². The molecule has 0 saturated heterocycles. The van der Waals surface area contributed by atoms with Gasteiger partial charge in [0.05, 0.1) is 5.02 Å². The molecule has 0 aliphatic heterocycles. The lowest BCUT2D eigenvalue weighted by molar-refractivity contribution is 0.442. The molecule has 0 bridgehead atoms. The van der Waals surface area contributed by atoms with Crippen molar-refractivity contribution in [3.05, 3.63) is 58.4 Å². The quantitative estimate of drug-likeness (QED) is 0.915. The zero-order valence-corrected chi connectivity index (χ0v) is 11.4. The summed E-state index contributed by atoms with van der Waals surface area (Å²) in [5.41, 5.74) is 7.31. The molecular weight excluding hydrogens is 265 g/mol. The summed E-state index contributed by atoms with van der Waals surface area (Å²) < 4.78 is 19.4. The molecule has 19 heavy (non-hydrogen) atoms. The van der Waals surface area contributed by atoms with Crippen LogP contribution in [0.5, 0.6) is 11.5 Å². The van der Waals surface area contributed by atoms with Gasteiger partial charge in [-0.25, -0.2) is 4.39 Å². The molecule has 0 spiro atoms. The van der Waals surface area contributed by atoms with Crippen molar-refractivity contribution >= 4 is 11.6 Å². The average molecular weight is 280 g/mol. The molecule has 0 unspecified atom stereocenters. The fraction of sp³-hybridized carbons (Fsp3) is 0.200. The third-order valence-electron chi connectivity index (χ3n) is 2.74. The van der Waals surface area contributed by atoms with E-state index in [1.165, 1.54) is 6.07 Å². The Hall–Kier alpha value is -1.58. The van der Waals surface area contributed by atoms with Gasteiger partial charge in [-0.1, -0.05) is 23.7 Å². The molecule has 2 N–H and O–H groups in total. The molecule has 0 aliphatic rings. The van der Waals surface area contributed by atoms with Gasteiger partial charge in [-0.3, -0.25) is 0 Å². The fourth-order valence-electron chi connectivity index (χ4n) is 1.76. The van der Waals surface area contributed by atoms with E-state index in [1.807, 2.05) is 13.0 Å². The highest BCUT2D eigenvalue weighted by Crippen LogP contribution is 2.31. The van der Waals surface area contributed by atoms with Crippen molar-refractivity contribution in [1.82, 2.24) is 0 Å². The highest BCUT2D eigenvalue weighted by molar-refractivity contribution is 6.32. The Balaban J connectivity index is 2.23. The first-order valence-electron chi connectivity index (χ1n) is 6.02. The van der Waals surface area contributed by atoms with Gasteiger partial charge >= 0.3 is 0 Å². The van der Waals surface area contributed by atoms with E-state index in [0.717, 1.165) is 11.1 Å². The van der Waals surface area contributed by atoms with Crippen molar-refractivity contribution in [3.63, 3.8) is 0 Å². The molecule has 0 saturated carbocycles. The van der Waals surface area contributed by atoms with Crippen molar-refractivity contribution in [2.45, 2.75) is 13.3 Å². The Morgan fingerprint density at radius 1 is 1.16 bits per heavy atom. The summed E-state index contributed by atoms with van der Waals surface area (Å²) in [6, 6.07) is 10.2.